The van der Waals surface area contributed by atoms with Crippen molar-refractivity contribution in [3.8, 4) is 0 Å². The lowest BCUT2D eigenvalue weighted by molar-refractivity contribution is 0.663. The summed E-state index contributed by atoms with van der Waals surface area (Å²) < 4.78 is 0. The van der Waals surface area contributed by atoms with Crippen LogP contribution in [-0.4, -0.2) is 0 Å². The highest BCUT2D eigenvalue weighted by Crippen LogP contribution is 2.45. The van der Waals surface area contributed by atoms with Gasteiger partial charge in [0, 0.05) is 0 Å². The third-order valence-corrected chi connectivity index (χ3v) is 2.68. The van der Waals surface area contributed by atoms with E-state index >= 15 is 0 Å². The molecule has 0 heterocycles. The van der Waals surface area contributed by atoms with Crippen molar-refractivity contribution in [1.82, 2.24) is 0 Å². The standard InChI is InChI=1S/C9H12/c1-6-3-9-5-8(6)4-7(9)2/h4,8-9H,1,3,5H2,2H3. The first-order chi connectivity index (χ1) is 4.27. The molecule has 1 fully saturated rings. The van der Waals surface area contributed by atoms with E-state index in [9.17, 15) is 0 Å². The third kappa shape index (κ3) is 0.592. The molecule has 1 saturated carbocycles. The minimum Gasteiger partial charge on any atom is -0.0992 e. The lowest BCUT2D eigenvalue weighted by atomic mass is 9.97. The maximum absolute atomic E-state index is 4.03. The van der Waals surface area contributed by atoms with E-state index in [0.29, 0.717) is 0 Å². The van der Waals surface area contributed by atoms with Crippen LogP contribution in [0.2, 0.25) is 0 Å². The van der Waals surface area contributed by atoms with E-state index in [1.165, 1.54) is 18.4 Å². The van der Waals surface area contributed by atoms with Crippen LogP contribution in [0.25, 0.3) is 0 Å². The second-order valence-corrected chi connectivity index (χ2v) is 3.31. The van der Waals surface area contributed by atoms with Gasteiger partial charge in [-0.1, -0.05) is 23.8 Å². The average molecular weight is 120 g/mol. The van der Waals surface area contributed by atoms with Crippen molar-refractivity contribution < 1.29 is 0 Å². The molecule has 2 aliphatic rings. The molecule has 0 radical (unpaired) electrons. The lowest BCUT2D eigenvalue weighted by Gasteiger charge is -2.08. The molecule has 0 amide bonds. The summed E-state index contributed by atoms with van der Waals surface area (Å²) in [5.74, 6) is 1.64. The molecule has 9 heavy (non-hydrogen) atoms. The van der Waals surface area contributed by atoms with Gasteiger partial charge in [0.1, 0.15) is 0 Å². The second-order valence-electron chi connectivity index (χ2n) is 3.31. The monoisotopic (exact) mass is 120 g/mol. The van der Waals surface area contributed by atoms with E-state index in [4.69, 9.17) is 0 Å². The number of hydrogen-bond acceptors (Lipinski definition) is 0. The molecule has 2 bridgehead atoms. The minimum absolute atomic E-state index is 0.759. The molecule has 48 valence electrons. The molecule has 0 aromatic rings. The normalized spacial score (nSPS) is 39.7. The summed E-state index contributed by atoms with van der Waals surface area (Å²) in [5.41, 5.74) is 3.07. The first kappa shape index (κ1) is 5.28. The van der Waals surface area contributed by atoms with Gasteiger partial charge in [-0.3, -0.25) is 0 Å². The summed E-state index contributed by atoms with van der Waals surface area (Å²) in [4.78, 5) is 0. The molecule has 2 atom stereocenters. The highest BCUT2D eigenvalue weighted by atomic mass is 14.4. The lowest BCUT2D eigenvalue weighted by Crippen LogP contribution is -1.94. The Balaban J connectivity index is 2.35. The van der Waals surface area contributed by atoms with Crippen molar-refractivity contribution >= 4 is 0 Å². The Morgan fingerprint density at radius 3 is 2.78 bits per heavy atom. The highest BCUT2D eigenvalue weighted by Gasteiger charge is 2.32. The maximum Gasteiger partial charge on any atom is -0.00173 e. The molecule has 0 spiro atoms. The van der Waals surface area contributed by atoms with Crippen LogP contribution in [0.1, 0.15) is 19.8 Å². The van der Waals surface area contributed by atoms with Crippen molar-refractivity contribution in [3.05, 3.63) is 23.8 Å². The van der Waals surface area contributed by atoms with Gasteiger partial charge in [0.15, 0.2) is 0 Å². The van der Waals surface area contributed by atoms with E-state index < -0.39 is 0 Å². The van der Waals surface area contributed by atoms with Gasteiger partial charge in [-0.2, -0.15) is 0 Å². The largest absolute Gasteiger partial charge is 0.0992 e. The van der Waals surface area contributed by atoms with Crippen LogP contribution in [0.3, 0.4) is 0 Å². The van der Waals surface area contributed by atoms with Gasteiger partial charge in [0.05, 0.1) is 0 Å². The summed E-state index contributed by atoms with van der Waals surface area (Å²) in [5, 5.41) is 0. The topological polar surface area (TPSA) is 0 Å². The third-order valence-electron chi connectivity index (χ3n) is 2.68. The zero-order valence-electron chi connectivity index (χ0n) is 5.85. The van der Waals surface area contributed by atoms with Crippen LogP contribution in [0.4, 0.5) is 0 Å². The van der Waals surface area contributed by atoms with Crippen LogP contribution >= 0.6 is 0 Å². The summed E-state index contributed by atoms with van der Waals surface area (Å²) in [6.45, 7) is 6.27. The second kappa shape index (κ2) is 1.50. The fraction of sp³-hybridized carbons (Fsp3) is 0.556. The van der Waals surface area contributed by atoms with Crippen LogP contribution < -0.4 is 0 Å². The highest BCUT2D eigenvalue weighted by molar-refractivity contribution is 5.29. The number of rotatable bonds is 0. The van der Waals surface area contributed by atoms with Gasteiger partial charge < -0.3 is 0 Å². The van der Waals surface area contributed by atoms with Gasteiger partial charge in [0.25, 0.3) is 0 Å². The zero-order chi connectivity index (χ0) is 6.43. The molecule has 0 heteroatoms. The number of fused-ring (bicyclic) bond motifs is 2. The SMILES string of the molecule is C=C1CC2CC1C=C2C. The van der Waals surface area contributed by atoms with Crippen molar-refractivity contribution in [2.75, 3.05) is 0 Å². The van der Waals surface area contributed by atoms with Crippen molar-refractivity contribution in [2.24, 2.45) is 11.8 Å². The molecular formula is C9H12. The van der Waals surface area contributed by atoms with Gasteiger partial charge in [-0.15, -0.1) is 0 Å². The molecule has 0 aromatic carbocycles. The zero-order valence-corrected chi connectivity index (χ0v) is 5.85. The minimum atomic E-state index is 0.759. The fourth-order valence-electron chi connectivity index (χ4n) is 2.01. The van der Waals surface area contributed by atoms with Gasteiger partial charge >= 0.3 is 0 Å². The molecular weight excluding hydrogens is 108 g/mol. The van der Waals surface area contributed by atoms with E-state index in [1.807, 2.05) is 0 Å². The van der Waals surface area contributed by atoms with E-state index in [2.05, 4.69) is 19.6 Å². The molecule has 0 aliphatic heterocycles. The van der Waals surface area contributed by atoms with Crippen LogP contribution in [-0.2, 0) is 0 Å². The van der Waals surface area contributed by atoms with Crippen molar-refractivity contribution in [3.63, 3.8) is 0 Å². The molecule has 0 N–H and O–H groups in total. The molecule has 0 nitrogen and oxygen atoms in total. The molecule has 0 aromatic heterocycles. The summed E-state index contributed by atoms with van der Waals surface area (Å²) in [7, 11) is 0. The summed E-state index contributed by atoms with van der Waals surface area (Å²) >= 11 is 0. The summed E-state index contributed by atoms with van der Waals surface area (Å²) in [6, 6.07) is 0. The molecule has 2 aliphatic carbocycles. The predicted octanol–water partition coefficient (Wildman–Crippen LogP) is 2.53. The van der Waals surface area contributed by atoms with Crippen molar-refractivity contribution in [1.29, 1.82) is 0 Å². The van der Waals surface area contributed by atoms with Gasteiger partial charge in [-0.05, 0) is 31.6 Å². The Morgan fingerprint density at radius 1 is 1.67 bits per heavy atom. The van der Waals surface area contributed by atoms with E-state index in [0.717, 1.165) is 11.8 Å². The number of hydrogen-bond donors (Lipinski definition) is 0. The quantitative estimate of drug-likeness (QED) is 0.431. The molecule has 2 rings (SSSR count). The molecule has 2 unspecified atom stereocenters. The maximum atomic E-state index is 4.03. The van der Waals surface area contributed by atoms with Crippen LogP contribution in [0.5, 0.6) is 0 Å². The Hall–Kier alpha value is -0.520. The first-order valence-electron chi connectivity index (χ1n) is 3.63. The van der Waals surface area contributed by atoms with E-state index in [-0.39, 0.29) is 0 Å². The Bertz CT molecular complexity index is 186. The van der Waals surface area contributed by atoms with Crippen LogP contribution in [0.15, 0.2) is 23.8 Å². The average Bonchev–Trinajstić information content (AvgIpc) is 2.24. The Morgan fingerprint density at radius 2 is 2.44 bits per heavy atom. The van der Waals surface area contributed by atoms with Gasteiger partial charge in [-0.25, -0.2) is 0 Å². The van der Waals surface area contributed by atoms with E-state index in [1.54, 1.807) is 5.57 Å². The molecule has 0 saturated heterocycles. The number of allylic oxidation sites excluding steroid dienone is 3. The first-order valence-corrected chi connectivity index (χ1v) is 3.63. The Labute approximate surface area is 56.3 Å². The van der Waals surface area contributed by atoms with Crippen LogP contribution in [0, 0.1) is 11.8 Å². The van der Waals surface area contributed by atoms with Gasteiger partial charge in [0.2, 0.25) is 0 Å². The predicted molar refractivity (Wildman–Crippen MR) is 39.1 cm³/mol. The summed E-state index contributed by atoms with van der Waals surface area (Å²) in [6.07, 6.45) is 5.02. The fourth-order valence-corrected chi connectivity index (χ4v) is 2.01. The Kier molecular flexibility index (Phi) is 0.879. The smallest absolute Gasteiger partial charge is 0.00173 e. The van der Waals surface area contributed by atoms with Crippen molar-refractivity contribution in [2.45, 2.75) is 19.8 Å².